The molecule has 1 saturated heterocycles. The van der Waals surface area contributed by atoms with Crippen LogP contribution in [-0.2, 0) is 0 Å². The first-order chi connectivity index (χ1) is 9.74. The number of anilines is 1. The predicted octanol–water partition coefficient (Wildman–Crippen LogP) is 1.29. The lowest BCUT2D eigenvalue weighted by Crippen LogP contribution is -2.46. The molecule has 108 valence electrons. The number of hydrogen-bond acceptors (Lipinski definition) is 4. The fourth-order valence-corrected chi connectivity index (χ4v) is 2.81. The number of carbonyl (C=O) groups excluding carboxylic acids is 1. The fraction of sp³-hybridized carbons (Fsp3) is 0.600. The highest BCUT2D eigenvalue weighted by Crippen LogP contribution is 2.24. The van der Waals surface area contributed by atoms with Gasteiger partial charge in [-0.25, -0.2) is 4.98 Å². The van der Waals surface area contributed by atoms with Crippen molar-refractivity contribution in [3.63, 3.8) is 0 Å². The van der Waals surface area contributed by atoms with Crippen LogP contribution in [0.1, 0.15) is 42.5 Å². The van der Waals surface area contributed by atoms with Crippen molar-refractivity contribution in [2.75, 3.05) is 18.0 Å². The molecule has 0 bridgehead atoms. The number of hydrogen-bond donors (Lipinski definition) is 2. The van der Waals surface area contributed by atoms with E-state index in [0.717, 1.165) is 24.9 Å². The predicted molar refractivity (Wildman–Crippen MR) is 78.8 cm³/mol. The first-order valence-electron chi connectivity index (χ1n) is 7.50. The Morgan fingerprint density at radius 1 is 1.35 bits per heavy atom. The quantitative estimate of drug-likeness (QED) is 0.849. The van der Waals surface area contributed by atoms with E-state index >= 15 is 0 Å². The summed E-state index contributed by atoms with van der Waals surface area (Å²) in [5.74, 6) is 0.534. The number of primary amides is 1. The van der Waals surface area contributed by atoms with E-state index in [2.05, 4.69) is 15.2 Å². The third-order valence-corrected chi connectivity index (χ3v) is 4.17. The lowest BCUT2D eigenvalue weighted by atomic mass is 10.0. The summed E-state index contributed by atoms with van der Waals surface area (Å²) in [6, 6.07) is 4.93. The summed E-state index contributed by atoms with van der Waals surface area (Å²) in [6.07, 6.45) is 7.92. The number of nitrogens with zero attached hydrogens (tertiary/aromatic N) is 2. The lowest BCUT2D eigenvalue weighted by molar-refractivity contribution is 0.1000. The van der Waals surface area contributed by atoms with Gasteiger partial charge >= 0.3 is 0 Å². The van der Waals surface area contributed by atoms with Gasteiger partial charge in [-0.05, 0) is 44.2 Å². The van der Waals surface area contributed by atoms with Gasteiger partial charge in [-0.2, -0.15) is 0 Å². The summed E-state index contributed by atoms with van der Waals surface area (Å²) in [7, 11) is 0. The highest BCUT2D eigenvalue weighted by Gasteiger charge is 2.27. The van der Waals surface area contributed by atoms with Crippen molar-refractivity contribution in [3.05, 3.63) is 23.9 Å². The molecule has 1 aliphatic carbocycles. The Hall–Kier alpha value is -1.62. The lowest BCUT2D eigenvalue weighted by Gasteiger charge is -2.37. The van der Waals surface area contributed by atoms with Crippen molar-refractivity contribution < 1.29 is 4.79 Å². The Labute approximate surface area is 119 Å². The maximum atomic E-state index is 11.1. The summed E-state index contributed by atoms with van der Waals surface area (Å²) >= 11 is 0. The minimum absolute atomic E-state index is 0.422. The van der Waals surface area contributed by atoms with Gasteiger partial charge < -0.3 is 16.0 Å². The van der Waals surface area contributed by atoms with Gasteiger partial charge in [0.15, 0.2) is 0 Å². The van der Waals surface area contributed by atoms with Gasteiger partial charge in [0.2, 0.25) is 5.91 Å². The molecule has 1 aliphatic heterocycles. The van der Waals surface area contributed by atoms with E-state index in [-0.39, 0.29) is 0 Å². The molecule has 20 heavy (non-hydrogen) atoms. The van der Waals surface area contributed by atoms with Crippen molar-refractivity contribution >= 4 is 11.7 Å². The fourth-order valence-electron chi connectivity index (χ4n) is 2.81. The Morgan fingerprint density at radius 2 is 2.20 bits per heavy atom. The number of rotatable bonds is 5. The molecule has 1 saturated carbocycles. The Morgan fingerprint density at radius 3 is 2.85 bits per heavy atom. The van der Waals surface area contributed by atoms with Crippen LogP contribution in [0.15, 0.2) is 18.3 Å². The van der Waals surface area contributed by atoms with Gasteiger partial charge in [0.05, 0.1) is 5.56 Å². The smallest absolute Gasteiger partial charge is 0.250 e. The van der Waals surface area contributed by atoms with Crippen LogP contribution in [0.5, 0.6) is 0 Å². The molecule has 1 atom stereocenters. The second kappa shape index (κ2) is 5.79. The third kappa shape index (κ3) is 3.10. The second-order valence-electron chi connectivity index (χ2n) is 5.79. The van der Waals surface area contributed by atoms with Crippen molar-refractivity contribution in [2.45, 2.75) is 44.2 Å². The number of aromatic nitrogens is 1. The molecule has 0 aromatic carbocycles. The number of amides is 1. The molecule has 0 spiro atoms. The monoisotopic (exact) mass is 274 g/mol. The highest BCUT2D eigenvalue weighted by atomic mass is 16.1. The van der Waals surface area contributed by atoms with Crippen molar-refractivity contribution in [2.24, 2.45) is 5.73 Å². The van der Waals surface area contributed by atoms with Crippen molar-refractivity contribution in [3.8, 4) is 0 Å². The van der Waals surface area contributed by atoms with E-state index in [0.29, 0.717) is 11.6 Å². The number of nitrogens with two attached hydrogens (primary N) is 1. The summed E-state index contributed by atoms with van der Waals surface area (Å²) < 4.78 is 0. The standard InChI is InChI=1S/C15H22N4O/c16-15(20)11-4-7-14(18-9-11)19-8-2-1-3-13(19)10-17-12-5-6-12/h4,7,9,12-13,17H,1-3,5-6,8,10H2,(H2,16,20). The molecule has 1 aromatic rings. The zero-order chi connectivity index (χ0) is 13.9. The minimum atomic E-state index is -0.422. The van der Waals surface area contributed by atoms with E-state index in [4.69, 9.17) is 5.73 Å². The van der Waals surface area contributed by atoms with E-state index in [1.165, 1.54) is 32.1 Å². The zero-order valence-corrected chi connectivity index (χ0v) is 11.7. The highest BCUT2D eigenvalue weighted by molar-refractivity contribution is 5.92. The summed E-state index contributed by atoms with van der Waals surface area (Å²) in [6.45, 7) is 2.07. The molecule has 2 heterocycles. The van der Waals surface area contributed by atoms with Gasteiger partial charge in [0.1, 0.15) is 5.82 Å². The minimum Gasteiger partial charge on any atom is -0.366 e. The average molecular weight is 274 g/mol. The Balaban J connectivity index is 1.69. The topological polar surface area (TPSA) is 71.2 Å². The maximum Gasteiger partial charge on any atom is 0.250 e. The molecule has 2 fully saturated rings. The molecule has 3 rings (SSSR count). The van der Waals surface area contributed by atoms with Crippen LogP contribution in [0.25, 0.3) is 0 Å². The SMILES string of the molecule is NC(=O)c1ccc(N2CCCCC2CNC2CC2)nc1. The van der Waals surface area contributed by atoms with Gasteiger partial charge in [0.25, 0.3) is 0 Å². The molecule has 1 aromatic heterocycles. The van der Waals surface area contributed by atoms with Crippen LogP contribution in [0, 0.1) is 0 Å². The number of nitrogens with one attached hydrogen (secondary N) is 1. The normalized spacial score (nSPS) is 22.8. The molecule has 0 radical (unpaired) electrons. The first kappa shape index (κ1) is 13.4. The van der Waals surface area contributed by atoms with Crippen LogP contribution in [0.4, 0.5) is 5.82 Å². The molecule has 5 heteroatoms. The number of pyridine rings is 1. The second-order valence-corrected chi connectivity index (χ2v) is 5.79. The van der Waals surface area contributed by atoms with E-state index in [1.807, 2.05) is 6.07 Å². The Bertz CT molecular complexity index is 469. The van der Waals surface area contributed by atoms with Gasteiger partial charge in [-0.3, -0.25) is 4.79 Å². The zero-order valence-electron chi connectivity index (χ0n) is 11.7. The molecular weight excluding hydrogens is 252 g/mol. The molecule has 2 aliphatic rings. The molecule has 3 N–H and O–H groups in total. The van der Waals surface area contributed by atoms with Crippen LogP contribution < -0.4 is 16.0 Å². The molecular formula is C15H22N4O. The van der Waals surface area contributed by atoms with Crippen LogP contribution >= 0.6 is 0 Å². The maximum absolute atomic E-state index is 11.1. The van der Waals surface area contributed by atoms with E-state index in [1.54, 1.807) is 12.3 Å². The van der Waals surface area contributed by atoms with Crippen LogP contribution in [0.3, 0.4) is 0 Å². The largest absolute Gasteiger partial charge is 0.366 e. The third-order valence-electron chi connectivity index (χ3n) is 4.17. The van der Waals surface area contributed by atoms with Gasteiger partial charge in [-0.15, -0.1) is 0 Å². The van der Waals surface area contributed by atoms with Crippen LogP contribution in [-0.4, -0.2) is 36.1 Å². The summed E-state index contributed by atoms with van der Waals surface area (Å²) in [5.41, 5.74) is 5.73. The van der Waals surface area contributed by atoms with Crippen molar-refractivity contribution in [1.82, 2.24) is 10.3 Å². The van der Waals surface area contributed by atoms with E-state index in [9.17, 15) is 4.79 Å². The number of piperidine rings is 1. The molecule has 1 unspecified atom stereocenters. The van der Waals surface area contributed by atoms with Crippen molar-refractivity contribution in [1.29, 1.82) is 0 Å². The first-order valence-corrected chi connectivity index (χ1v) is 7.50. The molecule has 5 nitrogen and oxygen atoms in total. The van der Waals surface area contributed by atoms with Crippen LogP contribution in [0.2, 0.25) is 0 Å². The average Bonchev–Trinajstić information content (AvgIpc) is 3.30. The summed E-state index contributed by atoms with van der Waals surface area (Å²) in [4.78, 5) is 17.9. The molecule has 1 amide bonds. The Kier molecular flexibility index (Phi) is 3.87. The summed E-state index contributed by atoms with van der Waals surface area (Å²) in [5, 5.41) is 3.61. The van der Waals surface area contributed by atoms with Gasteiger partial charge in [0, 0.05) is 31.4 Å². The number of carbonyl (C=O) groups is 1. The van der Waals surface area contributed by atoms with E-state index < -0.39 is 5.91 Å². The van der Waals surface area contributed by atoms with Gasteiger partial charge in [-0.1, -0.05) is 0 Å².